The molecule has 0 atom stereocenters. The third kappa shape index (κ3) is 3.79. The highest BCUT2D eigenvalue weighted by Crippen LogP contribution is 2.40. The summed E-state index contributed by atoms with van der Waals surface area (Å²) in [7, 11) is 0. The lowest BCUT2D eigenvalue weighted by molar-refractivity contribution is 0.0896. The van der Waals surface area contributed by atoms with Gasteiger partial charge in [0.25, 0.3) is 0 Å². The van der Waals surface area contributed by atoms with Crippen molar-refractivity contribution in [3.8, 4) is 0 Å². The fourth-order valence-electron chi connectivity index (χ4n) is 2.84. The molecule has 1 nitrogen and oxygen atoms in total. The molecule has 1 aliphatic rings. The molecule has 0 aromatic heterocycles. The zero-order chi connectivity index (χ0) is 11.5. The SMILES string of the molecule is CC1(CO)CCCC(C(C)(C)C)CCC1. The van der Waals surface area contributed by atoms with Gasteiger partial charge < -0.3 is 5.11 Å². The molecule has 15 heavy (non-hydrogen) atoms. The van der Waals surface area contributed by atoms with Crippen molar-refractivity contribution in [2.24, 2.45) is 16.7 Å². The fourth-order valence-corrected chi connectivity index (χ4v) is 2.84. The summed E-state index contributed by atoms with van der Waals surface area (Å²) in [5.74, 6) is 0.876. The van der Waals surface area contributed by atoms with Crippen molar-refractivity contribution in [2.45, 2.75) is 66.2 Å². The second kappa shape index (κ2) is 4.86. The molecular formula is C14H28O. The molecule has 0 aromatic rings. The Bertz CT molecular complexity index is 180. The van der Waals surface area contributed by atoms with Gasteiger partial charge >= 0.3 is 0 Å². The topological polar surface area (TPSA) is 20.2 Å². The van der Waals surface area contributed by atoms with Crippen LogP contribution in [0.3, 0.4) is 0 Å². The zero-order valence-corrected chi connectivity index (χ0v) is 11.0. The molecule has 1 aliphatic carbocycles. The van der Waals surface area contributed by atoms with Gasteiger partial charge in [0, 0.05) is 6.61 Å². The molecule has 1 rings (SSSR count). The number of aliphatic hydroxyl groups excluding tert-OH is 1. The highest BCUT2D eigenvalue weighted by atomic mass is 16.3. The van der Waals surface area contributed by atoms with Gasteiger partial charge in [-0.15, -0.1) is 0 Å². The molecule has 0 bridgehead atoms. The fraction of sp³-hybridized carbons (Fsp3) is 1.00. The van der Waals surface area contributed by atoms with Gasteiger partial charge in [-0.05, 0) is 42.4 Å². The van der Waals surface area contributed by atoms with Gasteiger partial charge in [0.1, 0.15) is 0 Å². The minimum atomic E-state index is 0.211. The van der Waals surface area contributed by atoms with Crippen molar-refractivity contribution in [3.05, 3.63) is 0 Å². The Morgan fingerprint density at radius 2 is 1.60 bits per heavy atom. The van der Waals surface area contributed by atoms with Crippen molar-refractivity contribution < 1.29 is 5.11 Å². The van der Waals surface area contributed by atoms with E-state index in [2.05, 4.69) is 27.7 Å². The number of rotatable bonds is 1. The van der Waals surface area contributed by atoms with Gasteiger partial charge in [-0.1, -0.05) is 40.5 Å². The van der Waals surface area contributed by atoms with E-state index in [1.165, 1.54) is 38.5 Å². The van der Waals surface area contributed by atoms with Gasteiger partial charge in [0.2, 0.25) is 0 Å². The van der Waals surface area contributed by atoms with Crippen LogP contribution in [0.1, 0.15) is 66.2 Å². The smallest absolute Gasteiger partial charge is 0.0484 e. The molecule has 0 unspecified atom stereocenters. The monoisotopic (exact) mass is 212 g/mol. The molecule has 1 fully saturated rings. The summed E-state index contributed by atoms with van der Waals surface area (Å²) in [4.78, 5) is 0. The molecule has 0 amide bonds. The Morgan fingerprint density at radius 3 is 1.93 bits per heavy atom. The largest absolute Gasteiger partial charge is 0.396 e. The minimum Gasteiger partial charge on any atom is -0.396 e. The number of hydrogen-bond donors (Lipinski definition) is 1. The van der Waals surface area contributed by atoms with E-state index in [-0.39, 0.29) is 5.41 Å². The maximum atomic E-state index is 9.39. The Balaban J connectivity index is 2.51. The van der Waals surface area contributed by atoms with Crippen molar-refractivity contribution in [3.63, 3.8) is 0 Å². The van der Waals surface area contributed by atoms with E-state index in [0.717, 1.165) is 5.92 Å². The van der Waals surface area contributed by atoms with E-state index in [4.69, 9.17) is 0 Å². The summed E-state index contributed by atoms with van der Waals surface area (Å²) in [6.07, 6.45) is 7.68. The lowest BCUT2D eigenvalue weighted by atomic mass is 9.70. The van der Waals surface area contributed by atoms with E-state index < -0.39 is 0 Å². The van der Waals surface area contributed by atoms with Crippen LogP contribution in [0.5, 0.6) is 0 Å². The van der Waals surface area contributed by atoms with Crippen molar-refractivity contribution in [1.29, 1.82) is 0 Å². The zero-order valence-electron chi connectivity index (χ0n) is 11.0. The highest BCUT2D eigenvalue weighted by Gasteiger charge is 2.30. The molecule has 0 aliphatic heterocycles. The quantitative estimate of drug-likeness (QED) is 0.696. The maximum Gasteiger partial charge on any atom is 0.0484 e. The number of hydrogen-bond acceptors (Lipinski definition) is 1. The standard InChI is InChI=1S/C14H28O/c1-13(2,3)12-7-5-9-14(4,11-15)10-6-8-12/h12,15H,5-11H2,1-4H3. The van der Waals surface area contributed by atoms with Crippen LogP contribution in [-0.2, 0) is 0 Å². The predicted octanol–water partition coefficient (Wildman–Crippen LogP) is 4.00. The van der Waals surface area contributed by atoms with E-state index in [0.29, 0.717) is 12.0 Å². The van der Waals surface area contributed by atoms with Gasteiger partial charge in [-0.25, -0.2) is 0 Å². The first-order valence-electron chi connectivity index (χ1n) is 6.48. The Morgan fingerprint density at radius 1 is 1.13 bits per heavy atom. The highest BCUT2D eigenvalue weighted by molar-refractivity contribution is 4.81. The van der Waals surface area contributed by atoms with E-state index >= 15 is 0 Å². The maximum absolute atomic E-state index is 9.39. The van der Waals surface area contributed by atoms with E-state index in [9.17, 15) is 5.11 Å². The first-order valence-corrected chi connectivity index (χ1v) is 6.48. The first kappa shape index (κ1) is 13.0. The first-order chi connectivity index (χ1) is 6.87. The van der Waals surface area contributed by atoms with Gasteiger partial charge in [-0.3, -0.25) is 0 Å². The molecule has 0 radical (unpaired) electrons. The van der Waals surface area contributed by atoms with Crippen molar-refractivity contribution in [1.82, 2.24) is 0 Å². The molecule has 0 heterocycles. The summed E-state index contributed by atoms with van der Waals surface area (Å²) in [6, 6.07) is 0. The van der Waals surface area contributed by atoms with Crippen LogP contribution in [0, 0.1) is 16.7 Å². The summed E-state index contributed by atoms with van der Waals surface area (Å²) in [5, 5.41) is 9.39. The normalized spacial score (nSPS) is 34.6. The summed E-state index contributed by atoms with van der Waals surface area (Å²) in [5.41, 5.74) is 0.676. The van der Waals surface area contributed by atoms with Crippen LogP contribution >= 0.6 is 0 Å². The molecule has 1 heteroatoms. The molecule has 90 valence electrons. The van der Waals surface area contributed by atoms with Crippen LogP contribution < -0.4 is 0 Å². The molecular weight excluding hydrogens is 184 g/mol. The van der Waals surface area contributed by atoms with E-state index in [1.54, 1.807) is 0 Å². The molecule has 0 spiro atoms. The summed E-state index contributed by atoms with van der Waals surface area (Å²) >= 11 is 0. The Kier molecular flexibility index (Phi) is 4.22. The Hall–Kier alpha value is -0.0400. The summed E-state index contributed by atoms with van der Waals surface area (Å²) < 4.78 is 0. The van der Waals surface area contributed by atoms with Gasteiger partial charge in [-0.2, -0.15) is 0 Å². The van der Waals surface area contributed by atoms with Crippen LogP contribution in [0.15, 0.2) is 0 Å². The Labute approximate surface area is 95.3 Å². The third-order valence-electron chi connectivity index (χ3n) is 4.27. The van der Waals surface area contributed by atoms with Crippen LogP contribution in [-0.4, -0.2) is 11.7 Å². The average molecular weight is 212 g/mol. The molecule has 1 N–H and O–H groups in total. The summed E-state index contributed by atoms with van der Waals surface area (Å²) in [6.45, 7) is 9.71. The van der Waals surface area contributed by atoms with Crippen molar-refractivity contribution in [2.75, 3.05) is 6.61 Å². The van der Waals surface area contributed by atoms with Crippen LogP contribution in [0.4, 0.5) is 0 Å². The van der Waals surface area contributed by atoms with Gasteiger partial charge in [0.15, 0.2) is 0 Å². The van der Waals surface area contributed by atoms with Crippen LogP contribution in [0.25, 0.3) is 0 Å². The predicted molar refractivity (Wildman–Crippen MR) is 65.8 cm³/mol. The second-order valence-electron chi connectivity index (χ2n) is 6.82. The second-order valence-corrected chi connectivity index (χ2v) is 6.82. The lowest BCUT2D eigenvalue weighted by Gasteiger charge is -2.36. The molecule has 0 saturated heterocycles. The third-order valence-corrected chi connectivity index (χ3v) is 4.27. The number of aliphatic hydroxyl groups is 1. The molecule has 1 saturated carbocycles. The van der Waals surface area contributed by atoms with Crippen LogP contribution in [0.2, 0.25) is 0 Å². The minimum absolute atomic E-state index is 0.211. The van der Waals surface area contributed by atoms with E-state index in [1.807, 2.05) is 0 Å². The van der Waals surface area contributed by atoms with Gasteiger partial charge in [0.05, 0.1) is 0 Å². The molecule has 0 aromatic carbocycles. The van der Waals surface area contributed by atoms with Crippen molar-refractivity contribution >= 4 is 0 Å². The average Bonchev–Trinajstić information content (AvgIpc) is 2.09. The lowest BCUT2D eigenvalue weighted by Crippen LogP contribution is -2.27.